The van der Waals surface area contributed by atoms with Crippen LogP contribution in [0.1, 0.15) is 27.8 Å². The van der Waals surface area contributed by atoms with E-state index in [4.69, 9.17) is 9.84 Å². The zero-order valence-electron chi connectivity index (χ0n) is 11.4. The summed E-state index contributed by atoms with van der Waals surface area (Å²) in [5.74, 6) is -0.923. The molecule has 21 heavy (non-hydrogen) atoms. The van der Waals surface area contributed by atoms with E-state index in [2.05, 4.69) is 10.3 Å². The Hall–Kier alpha value is -2.89. The summed E-state index contributed by atoms with van der Waals surface area (Å²) in [4.78, 5) is 26.9. The standard InChI is InChI=1S/C15H14N2O4/c1-2-21-12-8-4-3-6-10(12)14(18)17-13-9-5-7-11(16-13)15(19)20/h3-9H,2H2,1H3,(H,19,20)(H,16,17,18). The van der Waals surface area contributed by atoms with Crippen molar-refractivity contribution < 1.29 is 19.4 Å². The number of hydrogen-bond acceptors (Lipinski definition) is 4. The Balaban J connectivity index is 2.22. The first-order chi connectivity index (χ1) is 10.1. The summed E-state index contributed by atoms with van der Waals surface area (Å²) in [7, 11) is 0. The maximum Gasteiger partial charge on any atom is 0.354 e. The van der Waals surface area contributed by atoms with E-state index in [1.165, 1.54) is 18.2 Å². The summed E-state index contributed by atoms with van der Waals surface area (Å²) < 4.78 is 5.38. The Kier molecular flexibility index (Phi) is 4.50. The summed E-state index contributed by atoms with van der Waals surface area (Å²) in [5, 5.41) is 11.4. The fourth-order valence-corrected chi connectivity index (χ4v) is 1.74. The Morgan fingerprint density at radius 1 is 1.19 bits per heavy atom. The Morgan fingerprint density at radius 3 is 2.67 bits per heavy atom. The van der Waals surface area contributed by atoms with Crippen LogP contribution in [0.4, 0.5) is 5.82 Å². The predicted molar refractivity (Wildman–Crippen MR) is 76.8 cm³/mol. The molecule has 0 radical (unpaired) electrons. The van der Waals surface area contributed by atoms with E-state index in [1.54, 1.807) is 24.3 Å². The molecule has 0 aliphatic rings. The van der Waals surface area contributed by atoms with Crippen molar-refractivity contribution >= 4 is 17.7 Å². The van der Waals surface area contributed by atoms with Crippen LogP contribution in [-0.4, -0.2) is 28.6 Å². The van der Waals surface area contributed by atoms with Crippen LogP contribution in [0.25, 0.3) is 0 Å². The topological polar surface area (TPSA) is 88.5 Å². The molecule has 0 fully saturated rings. The van der Waals surface area contributed by atoms with Crippen LogP contribution in [-0.2, 0) is 0 Å². The van der Waals surface area contributed by atoms with Crippen molar-refractivity contribution in [2.24, 2.45) is 0 Å². The molecule has 2 aromatic rings. The third-order valence-corrected chi connectivity index (χ3v) is 2.64. The minimum absolute atomic E-state index is 0.133. The number of nitrogens with one attached hydrogen (secondary N) is 1. The lowest BCUT2D eigenvalue weighted by atomic mass is 10.2. The zero-order chi connectivity index (χ0) is 15.2. The van der Waals surface area contributed by atoms with Crippen molar-refractivity contribution in [3.05, 3.63) is 53.7 Å². The molecule has 108 valence electrons. The third kappa shape index (κ3) is 3.56. The van der Waals surface area contributed by atoms with Crippen LogP contribution in [0.2, 0.25) is 0 Å². The van der Waals surface area contributed by atoms with E-state index in [0.717, 1.165) is 0 Å². The molecule has 0 saturated heterocycles. The van der Waals surface area contributed by atoms with Gasteiger partial charge in [-0.15, -0.1) is 0 Å². The van der Waals surface area contributed by atoms with E-state index in [1.807, 2.05) is 6.92 Å². The van der Waals surface area contributed by atoms with Gasteiger partial charge < -0.3 is 15.2 Å². The van der Waals surface area contributed by atoms with Crippen LogP contribution in [0.5, 0.6) is 5.75 Å². The maximum atomic E-state index is 12.2. The van der Waals surface area contributed by atoms with Crippen molar-refractivity contribution in [3.63, 3.8) is 0 Å². The molecule has 6 heteroatoms. The number of para-hydroxylation sites is 1. The van der Waals surface area contributed by atoms with E-state index in [0.29, 0.717) is 17.9 Å². The van der Waals surface area contributed by atoms with Crippen molar-refractivity contribution in [3.8, 4) is 5.75 Å². The van der Waals surface area contributed by atoms with Gasteiger partial charge in [-0.1, -0.05) is 18.2 Å². The minimum atomic E-state index is -1.15. The number of pyridine rings is 1. The van der Waals surface area contributed by atoms with Crippen molar-refractivity contribution in [1.82, 2.24) is 4.98 Å². The highest BCUT2D eigenvalue weighted by atomic mass is 16.5. The Morgan fingerprint density at radius 2 is 1.95 bits per heavy atom. The minimum Gasteiger partial charge on any atom is -0.493 e. The van der Waals surface area contributed by atoms with E-state index >= 15 is 0 Å². The molecule has 0 aliphatic carbocycles. The van der Waals surface area contributed by atoms with Gasteiger partial charge in [-0.25, -0.2) is 9.78 Å². The Bertz CT molecular complexity index is 670. The smallest absolute Gasteiger partial charge is 0.354 e. The van der Waals surface area contributed by atoms with Crippen molar-refractivity contribution in [2.45, 2.75) is 6.92 Å². The van der Waals surface area contributed by atoms with Gasteiger partial charge >= 0.3 is 5.97 Å². The lowest BCUT2D eigenvalue weighted by Crippen LogP contribution is -2.15. The summed E-state index contributed by atoms with van der Waals surface area (Å²) in [6, 6.07) is 11.2. The van der Waals surface area contributed by atoms with Crippen molar-refractivity contribution in [1.29, 1.82) is 0 Å². The first-order valence-corrected chi connectivity index (χ1v) is 6.35. The van der Waals surface area contributed by atoms with Gasteiger partial charge in [0.05, 0.1) is 12.2 Å². The van der Waals surface area contributed by atoms with Crippen LogP contribution >= 0.6 is 0 Å². The van der Waals surface area contributed by atoms with Gasteiger partial charge in [0.1, 0.15) is 11.6 Å². The molecule has 6 nitrogen and oxygen atoms in total. The molecule has 0 unspecified atom stereocenters. The Labute approximate surface area is 121 Å². The number of rotatable bonds is 5. The highest BCUT2D eigenvalue weighted by molar-refractivity contribution is 6.05. The molecule has 1 amide bonds. The van der Waals surface area contributed by atoms with Crippen LogP contribution < -0.4 is 10.1 Å². The van der Waals surface area contributed by atoms with Gasteiger partial charge in [0, 0.05) is 0 Å². The quantitative estimate of drug-likeness (QED) is 0.881. The highest BCUT2D eigenvalue weighted by Crippen LogP contribution is 2.19. The average molecular weight is 286 g/mol. The number of carboxylic acids is 1. The maximum absolute atomic E-state index is 12.2. The second-order valence-electron chi connectivity index (χ2n) is 4.10. The van der Waals surface area contributed by atoms with Gasteiger partial charge in [-0.3, -0.25) is 4.79 Å². The molecule has 1 heterocycles. The summed E-state index contributed by atoms with van der Waals surface area (Å²) in [6.45, 7) is 2.27. The van der Waals surface area contributed by atoms with Gasteiger partial charge in [0.25, 0.3) is 5.91 Å². The number of amides is 1. The first-order valence-electron chi connectivity index (χ1n) is 6.35. The molecule has 1 aromatic heterocycles. The molecule has 0 atom stereocenters. The lowest BCUT2D eigenvalue weighted by molar-refractivity contribution is 0.0690. The number of hydrogen-bond donors (Lipinski definition) is 2. The van der Waals surface area contributed by atoms with E-state index < -0.39 is 11.9 Å². The number of anilines is 1. The molecule has 0 spiro atoms. The second-order valence-corrected chi connectivity index (χ2v) is 4.10. The van der Waals surface area contributed by atoms with E-state index in [9.17, 15) is 9.59 Å². The SMILES string of the molecule is CCOc1ccccc1C(=O)Nc1cccc(C(=O)O)n1. The van der Waals surface area contributed by atoms with Gasteiger partial charge in [-0.05, 0) is 31.2 Å². The van der Waals surface area contributed by atoms with Gasteiger partial charge in [-0.2, -0.15) is 0 Å². The lowest BCUT2D eigenvalue weighted by Gasteiger charge is -2.10. The average Bonchev–Trinajstić information content (AvgIpc) is 2.48. The molecule has 0 bridgehead atoms. The molecule has 0 aliphatic heterocycles. The molecular formula is C15H14N2O4. The number of ether oxygens (including phenoxy) is 1. The van der Waals surface area contributed by atoms with E-state index in [-0.39, 0.29) is 11.5 Å². The highest BCUT2D eigenvalue weighted by Gasteiger charge is 2.13. The normalized spacial score (nSPS) is 9.95. The number of carboxylic acid groups (broad SMARTS) is 1. The summed E-state index contributed by atoms with van der Waals surface area (Å²) in [6.07, 6.45) is 0. The number of benzene rings is 1. The van der Waals surface area contributed by atoms with Crippen molar-refractivity contribution in [2.75, 3.05) is 11.9 Å². The number of carbonyl (C=O) groups excluding carboxylic acids is 1. The fourth-order valence-electron chi connectivity index (χ4n) is 1.74. The largest absolute Gasteiger partial charge is 0.493 e. The molecule has 2 rings (SSSR count). The number of aromatic nitrogens is 1. The summed E-state index contributed by atoms with van der Waals surface area (Å²) >= 11 is 0. The molecule has 1 aromatic carbocycles. The second kappa shape index (κ2) is 6.51. The first kappa shape index (κ1) is 14.5. The molecule has 2 N–H and O–H groups in total. The summed E-state index contributed by atoms with van der Waals surface area (Å²) in [5.41, 5.74) is 0.229. The van der Waals surface area contributed by atoms with Gasteiger partial charge in [0.2, 0.25) is 0 Å². The number of carbonyl (C=O) groups is 2. The van der Waals surface area contributed by atoms with Crippen LogP contribution in [0.15, 0.2) is 42.5 Å². The monoisotopic (exact) mass is 286 g/mol. The van der Waals surface area contributed by atoms with Gasteiger partial charge in [0.15, 0.2) is 5.69 Å². The third-order valence-electron chi connectivity index (χ3n) is 2.64. The molecular weight excluding hydrogens is 272 g/mol. The van der Waals surface area contributed by atoms with Crippen LogP contribution in [0, 0.1) is 0 Å². The number of nitrogens with zero attached hydrogens (tertiary/aromatic N) is 1. The predicted octanol–water partition coefficient (Wildman–Crippen LogP) is 2.43. The zero-order valence-corrected chi connectivity index (χ0v) is 11.4. The molecule has 0 saturated carbocycles. The fraction of sp³-hybridized carbons (Fsp3) is 0.133. The number of aromatic carboxylic acids is 1. The van der Waals surface area contributed by atoms with Crippen LogP contribution in [0.3, 0.4) is 0 Å².